The lowest BCUT2D eigenvalue weighted by Gasteiger charge is -2.19. The monoisotopic (exact) mass is 344 g/mol. The molecule has 0 bridgehead atoms. The van der Waals surface area contributed by atoms with Crippen LogP contribution in [0.1, 0.15) is 5.56 Å². The first-order valence-corrected chi connectivity index (χ1v) is 4.90. The standard InChI is InChI=1S/C8H5F5.CBrF3/c9-7(10,8(11,12)13)6-4-2-1-3-5-6;2-1(3,4)5/h1-5H;. The van der Waals surface area contributed by atoms with Crippen molar-refractivity contribution in [2.45, 2.75) is 17.2 Å². The van der Waals surface area contributed by atoms with Gasteiger partial charge >= 0.3 is 17.2 Å². The highest BCUT2D eigenvalue weighted by Gasteiger charge is 2.58. The van der Waals surface area contributed by atoms with Crippen LogP contribution < -0.4 is 0 Å². The quantitative estimate of drug-likeness (QED) is 0.482. The van der Waals surface area contributed by atoms with E-state index >= 15 is 0 Å². The number of rotatable bonds is 1. The molecule has 0 aliphatic carbocycles. The molecule has 0 aliphatic rings. The largest absolute Gasteiger partial charge is 0.458 e. The molecule has 0 aliphatic heterocycles. The molecule has 0 fully saturated rings. The molecule has 0 heterocycles. The molecule has 0 spiro atoms. The van der Waals surface area contributed by atoms with Crippen LogP contribution in [0.25, 0.3) is 0 Å². The summed E-state index contributed by atoms with van der Waals surface area (Å²) in [6.07, 6.45) is -5.53. The van der Waals surface area contributed by atoms with Gasteiger partial charge in [-0.3, -0.25) is 0 Å². The first-order chi connectivity index (χ1) is 7.86. The Morgan fingerprint density at radius 3 is 1.33 bits per heavy atom. The zero-order chi connectivity index (χ0) is 14.6. The Labute approximate surface area is 105 Å². The van der Waals surface area contributed by atoms with Gasteiger partial charge in [0.25, 0.3) is 0 Å². The summed E-state index contributed by atoms with van der Waals surface area (Å²) in [7, 11) is 0. The maximum atomic E-state index is 12.5. The van der Waals surface area contributed by atoms with Gasteiger partial charge in [0, 0.05) is 21.5 Å². The van der Waals surface area contributed by atoms with Crippen LogP contribution >= 0.6 is 15.9 Å². The minimum absolute atomic E-state index is 0.744. The molecule has 0 saturated heterocycles. The van der Waals surface area contributed by atoms with E-state index in [1.807, 2.05) is 0 Å². The van der Waals surface area contributed by atoms with Crippen LogP contribution in [0.15, 0.2) is 30.3 Å². The fraction of sp³-hybridized carbons (Fsp3) is 0.333. The fourth-order valence-electron chi connectivity index (χ4n) is 0.811. The zero-order valence-electron chi connectivity index (χ0n) is 8.29. The Hall–Kier alpha value is -0.860. The first kappa shape index (κ1) is 17.1. The minimum atomic E-state index is -5.53. The van der Waals surface area contributed by atoms with Gasteiger partial charge in [-0.05, 0) is 0 Å². The number of halogens is 9. The molecule has 104 valence electrons. The number of hydrogen-bond donors (Lipinski definition) is 0. The molecule has 0 radical (unpaired) electrons. The second kappa shape index (κ2) is 5.85. The van der Waals surface area contributed by atoms with Crippen molar-refractivity contribution in [1.29, 1.82) is 0 Å². The Morgan fingerprint density at radius 1 is 0.722 bits per heavy atom. The van der Waals surface area contributed by atoms with Crippen molar-refractivity contribution in [2.75, 3.05) is 0 Å². The summed E-state index contributed by atoms with van der Waals surface area (Å²) in [6, 6.07) is 5.13. The van der Waals surface area contributed by atoms with Gasteiger partial charge < -0.3 is 0 Å². The van der Waals surface area contributed by atoms with Gasteiger partial charge in [0.05, 0.1) is 0 Å². The predicted octanol–water partition coefficient (Wildman–Crippen LogP) is 5.24. The highest BCUT2D eigenvalue weighted by molar-refractivity contribution is 9.09. The fourth-order valence-corrected chi connectivity index (χ4v) is 0.811. The van der Waals surface area contributed by atoms with Gasteiger partial charge in [0.2, 0.25) is 0 Å². The van der Waals surface area contributed by atoms with Crippen molar-refractivity contribution in [2.24, 2.45) is 0 Å². The van der Waals surface area contributed by atoms with Crippen molar-refractivity contribution in [3.63, 3.8) is 0 Å². The Morgan fingerprint density at radius 2 is 1.06 bits per heavy atom. The van der Waals surface area contributed by atoms with E-state index in [1.165, 1.54) is 22.0 Å². The molecule has 1 aromatic carbocycles. The number of hydrogen-bond acceptors (Lipinski definition) is 0. The third-order valence-electron chi connectivity index (χ3n) is 1.49. The predicted molar refractivity (Wildman–Crippen MR) is 51.4 cm³/mol. The van der Waals surface area contributed by atoms with E-state index in [0.717, 1.165) is 24.3 Å². The molecule has 9 heteroatoms. The number of alkyl halides is 9. The molecule has 0 aromatic heterocycles. The van der Waals surface area contributed by atoms with Crippen molar-refractivity contribution >= 4 is 15.9 Å². The topological polar surface area (TPSA) is 0 Å². The maximum absolute atomic E-state index is 12.5. The number of benzene rings is 1. The van der Waals surface area contributed by atoms with Gasteiger partial charge in [-0.2, -0.15) is 35.1 Å². The summed E-state index contributed by atoms with van der Waals surface area (Å²) >= 11 is 1.38. The van der Waals surface area contributed by atoms with Gasteiger partial charge in [0.15, 0.2) is 0 Å². The molecular weight excluding hydrogens is 340 g/mol. The van der Waals surface area contributed by atoms with Crippen molar-refractivity contribution < 1.29 is 35.1 Å². The second-order valence-electron chi connectivity index (χ2n) is 2.87. The van der Waals surface area contributed by atoms with E-state index < -0.39 is 22.7 Å². The Balaban J connectivity index is 0.000000494. The highest BCUT2D eigenvalue weighted by Crippen LogP contribution is 2.43. The average Bonchev–Trinajstić information content (AvgIpc) is 2.14. The lowest BCUT2D eigenvalue weighted by molar-refractivity contribution is -0.289. The summed E-state index contributed by atoms with van der Waals surface area (Å²) in [5.74, 6) is -4.77. The molecular formula is C9H5BrF8. The Bertz CT molecular complexity index is 347. The van der Waals surface area contributed by atoms with E-state index in [-0.39, 0.29) is 0 Å². The molecule has 1 aromatic rings. The first-order valence-electron chi connectivity index (χ1n) is 4.11. The summed E-state index contributed by atoms with van der Waals surface area (Å²) in [6.45, 7) is 0. The summed E-state index contributed by atoms with van der Waals surface area (Å²) in [5.41, 5.74) is -1.04. The summed E-state index contributed by atoms with van der Waals surface area (Å²) < 4.78 is 91.2. The van der Waals surface area contributed by atoms with E-state index in [9.17, 15) is 35.1 Å². The van der Waals surface area contributed by atoms with Crippen LogP contribution in [0, 0.1) is 0 Å². The van der Waals surface area contributed by atoms with E-state index in [4.69, 9.17) is 0 Å². The molecule has 0 amide bonds. The van der Waals surface area contributed by atoms with Crippen LogP contribution in [0.4, 0.5) is 35.1 Å². The van der Waals surface area contributed by atoms with Crippen molar-refractivity contribution in [3.05, 3.63) is 35.9 Å². The van der Waals surface area contributed by atoms with E-state index in [2.05, 4.69) is 0 Å². The maximum Gasteiger partial charge on any atom is 0.458 e. The third kappa shape index (κ3) is 6.18. The SMILES string of the molecule is FC(F)(F)Br.FC(F)(F)C(F)(F)c1ccccc1. The van der Waals surface area contributed by atoms with Gasteiger partial charge in [0.1, 0.15) is 0 Å². The lowest BCUT2D eigenvalue weighted by atomic mass is 10.1. The third-order valence-corrected chi connectivity index (χ3v) is 1.49. The molecule has 0 atom stereocenters. The van der Waals surface area contributed by atoms with E-state index in [1.54, 1.807) is 0 Å². The normalized spacial score (nSPS) is 12.7. The van der Waals surface area contributed by atoms with Crippen LogP contribution in [0.5, 0.6) is 0 Å². The van der Waals surface area contributed by atoms with Crippen molar-refractivity contribution in [1.82, 2.24) is 0 Å². The molecule has 0 unspecified atom stereocenters. The molecule has 0 saturated carbocycles. The highest BCUT2D eigenvalue weighted by atomic mass is 79.9. The smallest absolute Gasteiger partial charge is 0.191 e. The average molecular weight is 345 g/mol. The van der Waals surface area contributed by atoms with Crippen LogP contribution in [0.3, 0.4) is 0 Å². The molecule has 0 nitrogen and oxygen atoms in total. The lowest BCUT2D eigenvalue weighted by Crippen LogP contribution is -2.33. The molecule has 0 N–H and O–H groups in total. The second-order valence-corrected chi connectivity index (χ2v) is 3.77. The Kier molecular flexibility index (Phi) is 5.57. The van der Waals surface area contributed by atoms with Gasteiger partial charge in [-0.15, -0.1) is 0 Å². The molecule has 1 rings (SSSR count). The van der Waals surface area contributed by atoms with E-state index in [0.29, 0.717) is 0 Å². The minimum Gasteiger partial charge on any atom is -0.191 e. The van der Waals surface area contributed by atoms with Gasteiger partial charge in [-0.25, -0.2) is 0 Å². The van der Waals surface area contributed by atoms with Crippen LogP contribution in [-0.2, 0) is 5.92 Å². The zero-order valence-corrected chi connectivity index (χ0v) is 9.87. The van der Waals surface area contributed by atoms with Crippen molar-refractivity contribution in [3.8, 4) is 0 Å². The molecule has 18 heavy (non-hydrogen) atoms. The van der Waals surface area contributed by atoms with Crippen LogP contribution in [-0.4, -0.2) is 11.3 Å². The summed E-state index contributed by atoms with van der Waals surface area (Å²) in [5, 5.41) is -4.19. The van der Waals surface area contributed by atoms with Gasteiger partial charge in [-0.1, -0.05) is 30.3 Å². The summed E-state index contributed by atoms with van der Waals surface area (Å²) in [4.78, 5) is 0. The van der Waals surface area contributed by atoms with Crippen LogP contribution in [0.2, 0.25) is 0 Å².